The minimum atomic E-state index is -0.313. The van der Waals surface area contributed by atoms with Crippen molar-refractivity contribution in [1.82, 2.24) is 29.7 Å². The Bertz CT molecular complexity index is 1040. The van der Waals surface area contributed by atoms with E-state index in [-0.39, 0.29) is 5.69 Å². The molecule has 0 atom stereocenters. The Kier molecular flexibility index (Phi) is 3.04. The number of H-pyrrole nitrogens is 2. The van der Waals surface area contributed by atoms with Crippen LogP contribution in [0.5, 0.6) is 0 Å². The van der Waals surface area contributed by atoms with Gasteiger partial charge in [-0.1, -0.05) is 12.1 Å². The Balaban J connectivity index is 1.88. The normalized spacial score (nSPS) is 11.2. The SMILES string of the molecule is Cc1ccc2ncccc2c1-c1nccn1Cc1n[nH]c(=O)[nH]1. The molecule has 4 rings (SSSR count). The summed E-state index contributed by atoms with van der Waals surface area (Å²) in [6.45, 7) is 2.49. The fourth-order valence-corrected chi connectivity index (χ4v) is 2.76. The van der Waals surface area contributed by atoms with E-state index in [1.807, 2.05) is 35.0 Å². The highest BCUT2D eigenvalue weighted by molar-refractivity contribution is 5.94. The third kappa shape index (κ3) is 2.32. The predicted octanol–water partition coefficient (Wildman–Crippen LogP) is 1.87. The number of hydrogen-bond donors (Lipinski definition) is 2. The van der Waals surface area contributed by atoms with Crippen LogP contribution in [0.25, 0.3) is 22.3 Å². The van der Waals surface area contributed by atoms with Gasteiger partial charge in [0.05, 0.1) is 12.1 Å². The summed E-state index contributed by atoms with van der Waals surface area (Å²) in [7, 11) is 0. The van der Waals surface area contributed by atoms with E-state index < -0.39 is 0 Å². The summed E-state index contributed by atoms with van der Waals surface area (Å²) in [5.41, 5.74) is 2.77. The van der Waals surface area contributed by atoms with E-state index in [1.54, 1.807) is 12.4 Å². The predicted molar refractivity (Wildman–Crippen MR) is 86.0 cm³/mol. The highest BCUT2D eigenvalue weighted by atomic mass is 16.1. The first-order chi connectivity index (χ1) is 11.2. The number of nitrogens with one attached hydrogen (secondary N) is 2. The first-order valence-corrected chi connectivity index (χ1v) is 7.22. The van der Waals surface area contributed by atoms with Gasteiger partial charge in [0, 0.05) is 29.5 Å². The molecule has 114 valence electrons. The first kappa shape index (κ1) is 13.4. The van der Waals surface area contributed by atoms with Gasteiger partial charge in [-0.3, -0.25) is 9.97 Å². The standard InChI is InChI=1S/C16H14N6O/c1-10-4-5-12-11(3-2-6-17-12)14(10)15-18-7-8-22(15)9-13-19-16(23)21-20-13/h2-8H,9H2,1H3,(H2,19,20,21,23). The number of aromatic amines is 2. The van der Waals surface area contributed by atoms with Crippen LogP contribution in [-0.2, 0) is 6.54 Å². The Hall–Kier alpha value is -3.22. The summed E-state index contributed by atoms with van der Waals surface area (Å²) in [6, 6.07) is 8.01. The quantitative estimate of drug-likeness (QED) is 0.604. The van der Waals surface area contributed by atoms with Crippen LogP contribution in [-0.4, -0.2) is 29.7 Å². The molecular formula is C16H14N6O. The fourth-order valence-electron chi connectivity index (χ4n) is 2.76. The molecule has 3 heterocycles. The van der Waals surface area contributed by atoms with Crippen molar-refractivity contribution >= 4 is 10.9 Å². The van der Waals surface area contributed by atoms with Crippen LogP contribution in [0.1, 0.15) is 11.4 Å². The summed E-state index contributed by atoms with van der Waals surface area (Å²) in [5, 5.41) is 7.38. The second-order valence-electron chi connectivity index (χ2n) is 5.33. The average Bonchev–Trinajstić information content (AvgIpc) is 3.17. The van der Waals surface area contributed by atoms with Crippen LogP contribution < -0.4 is 5.69 Å². The molecule has 7 heteroatoms. The van der Waals surface area contributed by atoms with Crippen LogP contribution >= 0.6 is 0 Å². The van der Waals surface area contributed by atoms with E-state index in [4.69, 9.17) is 0 Å². The zero-order chi connectivity index (χ0) is 15.8. The van der Waals surface area contributed by atoms with E-state index in [0.29, 0.717) is 12.4 Å². The summed E-state index contributed by atoms with van der Waals surface area (Å²) in [6.07, 6.45) is 5.40. The van der Waals surface area contributed by atoms with E-state index >= 15 is 0 Å². The van der Waals surface area contributed by atoms with Gasteiger partial charge in [-0.15, -0.1) is 0 Å². The van der Waals surface area contributed by atoms with Crippen molar-refractivity contribution in [2.45, 2.75) is 13.5 Å². The molecule has 0 saturated heterocycles. The Morgan fingerprint density at radius 1 is 1.17 bits per heavy atom. The lowest BCUT2D eigenvalue weighted by molar-refractivity contribution is 0.755. The van der Waals surface area contributed by atoms with Gasteiger partial charge in [0.15, 0.2) is 5.82 Å². The molecule has 23 heavy (non-hydrogen) atoms. The second-order valence-corrected chi connectivity index (χ2v) is 5.33. The van der Waals surface area contributed by atoms with Crippen LogP contribution in [0.15, 0.2) is 47.7 Å². The molecule has 0 bridgehead atoms. The monoisotopic (exact) mass is 306 g/mol. The molecule has 0 fully saturated rings. The Morgan fingerprint density at radius 3 is 2.91 bits per heavy atom. The van der Waals surface area contributed by atoms with Gasteiger partial charge >= 0.3 is 5.69 Å². The molecule has 0 aliphatic heterocycles. The van der Waals surface area contributed by atoms with Crippen molar-refractivity contribution in [3.05, 3.63) is 64.7 Å². The minimum Gasteiger partial charge on any atom is -0.323 e. The lowest BCUT2D eigenvalue weighted by Gasteiger charge is -2.11. The highest BCUT2D eigenvalue weighted by Crippen LogP contribution is 2.30. The highest BCUT2D eigenvalue weighted by Gasteiger charge is 2.14. The Morgan fingerprint density at radius 2 is 2.09 bits per heavy atom. The van der Waals surface area contributed by atoms with Gasteiger partial charge < -0.3 is 4.57 Å². The average molecular weight is 306 g/mol. The molecule has 1 aromatic carbocycles. The summed E-state index contributed by atoms with van der Waals surface area (Å²) in [4.78, 5) is 22.8. The molecule has 0 saturated carbocycles. The number of nitrogens with zero attached hydrogens (tertiary/aromatic N) is 4. The maximum absolute atomic E-state index is 11.2. The van der Waals surface area contributed by atoms with Crippen LogP contribution in [0.3, 0.4) is 0 Å². The summed E-state index contributed by atoms with van der Waals surface area (Å²) < 4.78 is 1.96. The molecule has 0 spiro atoms. The van der Waals surface area contributed by atoms with Gasteiger partial charge in [-0.2, -0.15) is 5.10 Å². The number of aromatic nitrogens is 6. The number of hydrogen-bond acceptors (Lipinski definition) is 4. The van der Waals surface area contributed by atoms with Crippen molar-refractivity contribution in [2.75, 3.05) is 0 Å². The molecule has 0 amide bonds. The number of pyridine rings is 1. The Labute approximate surface area is 131 Å². The van der Waals surface area contributed by atoms with Gasteiger partial charge in [-0.25, -0.2) is 14.9 Å². The van der Waals surface area contributed by atoms with Gasteiger partial charge in [0.25, 0.3) is 0 Å². The molecule has 4 aromatic rings. The molecule has 0 aliphatic carbocycles. The third-order valence-electron chi connectivity index (χ3n) is 3.80. The lowest BCUT2D eigenvalue weighted by atomic mass is 10.0. The maximum Gasteiger partial charge on any atom is 0.340 e. The zero-order valence-electron chi connectivity index (χ0n) is 12.4. The minimum absolute atomic E-state index is 0.313. The van der Waals surface area contributed by atoms with Crippen molar-refractivity contribution < 1.29 is 0 Å². The van der Waals surface area contributed by atoms with E-state index in [0.717, 1.165) is 27.9 Å². The van der Waals surface area contributed by atoms with Crippen molar-refractivity contribution in [3.63, 3.8) is 0 Å². The molecule has 7 nitrogen and oxygen atoms in total. The molecule has 0 unspecified atom stereocenters. The van der Waals surface area contributed by atoms with Crippen LogP contribution in [0.4, 0.5) is 0 Å². The number of aryl methyl sites for hydroxylation is 1. The zero-order valence-corrected chi connectivity index (χ0v) is 12.4. The number of imidazole rings is 1. The number of rotatable bonds is 3. The second kappa shape index (κ2) is 5.20. The van der Waals surface area contributed by atoms with Gasteiger partial charge in [0.1, 0.15) is 5.82 Å². The van der Waals surface area contributed by atoms with Gasteiger partial charge in [0.2, 0.25) is 0 Å². The lowest BCUT2D eigenvalue weighted by Crippen LogP contribution is -2.06. The topological polar surface area (TPSA) is 92.2 Å². The largest absolute Gasteiger partial charge is 0.340 e. The molecule has 0 radical (unpaired) electrons. The molecule has 3 aromatic heterocycles. The van der Waals surface area contributed by atoms with E-state index in [9.17, 15) is 4.79 Å². The summed E-state index contributed by atoms with van der Waals surface area (Å²) in [5.74, 6) is 1.38. The molecular weight excluding hydrogens is 292 g/mol. The van der Waals surface area contributed by atoms with Crippen molar-refractivity contribution in [3.8, 4) is 11.4 Å². The van der Waals surface area contributed by atoms with E-state index in [2.05, 4.69) is 32.1 Å². The summed E-state index contributed by atoms with van der Waals surface area (Å²) >= 11 is 0. The molecule has 2 N–H and O–H groups in total. The van der Waals surface area contributed by atoms with Gasteiger partial charge in [-0.05, 0) is 24.6 Å². The van der Waals surface area contributed by atoms with Crippen molar-refractivity contribution in [2.24, 2.45) is 0 Å². The maximum atomic E-state index is 11.2. The third-order valence-corrected chi connectivity index (χ3v) is 3.80. The van der Waals surface area contributed by atoms with Crippen molar-refractivity contribution in [1.29, 1.82) is 0 Å². The van der Waals surface area contributed by atoms with Crippen LogP contribution in [0, 0.1) is 6.92 Å². The van der Waals surface area contributed by atoms with E-state index in [1.165, 1.54) is 0 Å². The van der Waals surface area contributed by atoms with Crippen LogP contribution in [0.2, 0.25) is 0 Å². The molecule has 0 aliphatic rings. The fraction of sp³-hybridized carbons (Fsp3) is 0.125. The number of fused-ring (bicyclic) bond motifs is 1. The smallest absolute Gasteiger partial charge is 0.323 e. The number of benzene rings is 1. The first-order valence-electron chi connectivity index (χ1n) is 7.22.